The van der Waals surface area contributed by atoms with Gasteiger partial charge in [-0.2, -0.15) is 0 Å². The molecule has 0 bridgehead atoms. The van der Waals surface area contributed by atoms with Gasteiger partial charge in [0.25, 0.3) is 11.8 Å². The van der Waals surface area contributed by atoms with Crippen LogP contribution in [0.4, 0.5) is 17.6 Å². The Balaban J connectivity index is 0.000000188. The minimum atomic E-state index is -1.82. The minimum Gasteiger partial charge on any atom is -0.486 e. The molecule has 360 valence electrons. The van der Waals surface area contributed by atoms with Crippen molar-refractivity contribution in [2.75, 3.05) is 86.2 Å². The number of carbonyl (C=O) groups excluding carboxylic acids is 2. The first-order valence-electron chi connectivity index (χ1n) is 23.6. The van der Waals surface area contributed by atoms with Crippen molar-refractivity contribution in [2.45, 2.75) is 106 Å². The number of rotatable bonds is 7. The fourth-order valence-corrected chi connectivity index (χ4v) is 10.9. The van der Waals surface area contributed by atoms with Crippen LogP contribution in [0.2, 0.25) is 6.82 Å². The first-order valence-corrected chi connectivity index (χ1v) is 23.6. The van der Waals surface area contributed by atoms with Gasteiger partial charge in [-0.15, -0.1) is 0 Å². The van der Waals surface area contributed by atoms with Gasteiger partial charge in [-0.05, 0) is 88.2 Å². The lowest BCUT2D eigenvalue weighted by Crippen LogP contribution is -2.58. The molecule has 0 aliphatic carbocycles. The van der Waals surface area contributed by atoms with E-state index < -0.39 is 41.4 Å². The Morgan fingerprint density at radius 2 is 1.15 bits per heavy atom. The van der Waals surface area contributed by atoms with Crippen LogP contribution in [-0.4, -0.2) is 164 Å². The zero-order chi connectivity index (χ0) is 46.7. The summed E-state index contributed by atoms with van der Waals surface area (Å²) in [4.78, 5) is 43.7. The van der Waals surface area contributed by atoms with Crippen molar-refractivity contribution in [3.63, 3.8) is 0 Å². The highest BCUT2D eigenvalue weighted by molar-refractivity contribution is 6.45. The number of piperidine rings is 5. The summed E-state index contributed by atoms with van der Waals surface area (Å²) in [5.74, 6) is 0.123. The molecule has 0 aromatic heterocycles. The van der Waals surface area contributed by atoms with Gasteiger partial charge in [0.2, 0.25) is 0 Å². The van der Waals surface area contributed by atoms with Crippen molar-refractivity contribution in [1.82, 2.24) is 24.8 Å². The van der Waals surface area contributed by atoms with Gasteiger partial charge >= 0.3 is 7.05 Å². The zero-order valence-corrected chi connectivity index (χ0v) is 38.5. The van der Waals surface area contributed by atoms with Gasteiger partial charge in [-0.3, -0.25) is 9.59 Å². The Morgan fingerprint density at radius 3 is 1.58 bits per heavy atom. The molecule has 9 rings (SSSR count). The first-order chi connectivity index (χ1) is 31.6. The van der Waals surface area contributed by atoms with Crippen molar-refractivity contribution in [1.29, 1.82) is 0 Å². The van der Waals surface area contributed by atoms with E-state index in [2.05, 4.69) is 25.3 Å². The van der Waals surface area contributed by atoms with Crippen LogP contribution in [0.3, 0.4) is 0 Å². The van der Waals surface area contributed by atoms with Gasteiger partial charge in [-0.1, -0.05) is 10.3 Å². The number of fused-ring (bicyclic) bond motifs is 2. The van der Waals surface area contributed by atoms with E-state index >= 15 is 8.78 Å². The predicted octanol–water partition coefficient (Wildman–Crippen LogP) is 5.36. The molecular weight excluding hydrogens is 861 g/mol. The van der Waals surface area contributed by atoms with Crippen molar-refractivity contribution in [3.05, 3.63) is 59.2 Å². The summed E-state index contributed by atoms with van der Waals surface area (Å²) in [6.07, 6.45) is 6.08. The minimum absolute atomic E-state index is 0.216. The number of benzene rings is 2. The number of hydrogen-bond acceptors (Lipinski definition) is 12. The van der Waals surface area contributed by atoms with E-state index in [0.717, 1.165) is 32.5 Å². The summed E-state index contributed by atoms with van der Waals surface area (Å²) in [5.41, 5.74) is -2.29. The molecule has 2 spiro atoms. The molecule has 0 unspecified atom stereocenters. The number of amides is 2. The molecular formula is C47H64BF4N7O7. The van der Waals surface area contributed by atoms with Crippen LogP contribution in [-0.2, 0) is 19.3 Å². The van der Waals surface area contributed by atoms with E-state index in [1.54, 1.807) is 28.8 Å². The topological polar surface area (TPSA) is 141 Å². The molecule has 2 amide bonds. The average Bonchev–Trinajstić information content (AvgIpc) is 3.31. The van der Waals surface area contributed by atoms with E-state index in [1.165, 1.54) is 38.5 Å². The summed E-state index contributed by atoms with van der Waals surface area (Å²) in [7, 11) is 2.51. The summed E-state index contributed by atoms with van der Waals surface area (Å²) >= 11 is 0. The van der Waals surface area contributed by atoms with E-state index in [0.29, 0.717) is 131 Å². The van der Waals surface area contributed by atoms with Gasteiger partial charge in [-0.25, -0.2) is 17.6 Å². The Hall–Kier alpha value is -4.46. The smallest absolute Gasteiger partial charge is 0.376 e. The van der Waals surface area contributed by atoms with Gasteiger partial charge in [0.05, 0.1) is 11.4 Å². The van der Waals surface area contributed by atoms with E-state index in [1.807, 2.05) is 0 Å². The number of ether oxygens (including phenoxy) is 2. The normalized spacial score (nSPS) is 24.9. The Kier molecular flexibility index (Phi) is 14.6. The molecule has 7 aliphatic heterocycles. The maximum Gasteiger partial charge on any atom is 0.376 e. The fraction of sp³-hybridized carbons (Fsp3) is 0.660. The number of hydrogen-bond donors (Lipinski definition) is 2. The van der Waals surface area contributed by atoms with Crippen molar-refractivity contribution < 1.29 is 51.3 Å². The predicted molar refractivity (Wildman–Crippen MR) is 241 cm³/mol. The third-order valence-electron chi connectivity index (χ3n) is 15.0. The fourth-order valence-electron chi connectivity index (χ4n) is 10.9. The Bertz CT molecular complexity index is 2110. The summed E-state index contributed by atoms with van der Waals surface area (Å²) in [6, 6.07) is 8.71. The van der Waals surface area contributed by atoms with Gasteiger partial charge < -0.3 is 49.0 Å². The highest BCUT2D eigenvalue weighted by atomic mass is 19.2. The van der Waals surface area contributed by atoms with E-state index in [-0.39, 0.29) is 37.3 Å². The number of alkyl halides is 2. The van der Waals surface area contributed by atoms with Crippen LogP contribution in [0.5, 0.6) is 11.5 Å². The Labute approximate surface area is 385 Å². The second kappa shape index (κ2) is 20.0. The SMILES string of the molecule is CO/N=C1\CC2(CCN(C(=O)C3(F)CCN(CC4CCN(B(C)O)CC4)CC3)CC2)Oc2ccc(F)cc21.CO/N=C1\CC2(CCN(C(=O)C3(F)CCNCC3)CC2)Oc2ccc(F)cc21. The molecule has 14 nitrogen and oxygen atoms in total. The number of nitrogens with zero attached hydrogens (tertiary/aromatic N) is 6. The van der Waals surface area contributed by atoms with E-state index in [9.17, 15) is 23.4 Å². The standard InChI is InChI=1S/C27H39BF2N4O4.C20H25F2N3O3/c1-28(36)34-11-5-20(6-12-34)19-32-13-9-27(30,10-14-32)25(35)33-15-7-26(8-16-33)18-23(31-37-2)22-17-21(29)3-4-24(22)38-26;1-27-24-16-13-19(28-17-3-2-14(21)12-15(16)17)6-10-25(11-7-19)18(26)20(22)4-8-23-9-5-20/h3-4,17,20,36H,5-16,18-19H2,1-2H3;2-3,12,23H,4-11,13H2,1H3/b31-23+;24-16+. The van der Waals surface area contributed by atoms with E-state index in [4.69, 9.17) is 19.1 Å². The Morgan fingerprint density at radius 1 is 0.712 bits per heavy atom. The molecule has 19 heteroatoms. The lowest BCUT2D eigenvalue weighted by atomic mass is 9.80. The molecule has 5 fully saturated rings. The van der Waals surface area contributed by atoms with Gasteiger partial charge in [0.1, 0.15) is 48.6 Å². The van der Waals surface area contributed by atoms with Crippen LogP contribution >= 0.6 is 0 Å². The van der Waals surface area contributed by atoms with Crippen LogP contribution in [0.15, 0.2) is 46.7 Å². The highest BCUT2D eigenvalue weighted by Gasteiger charge is 2.50. The summed E-state index contributed by atoms with van der Waals surface area (Å²) in [6.45, 7) is 8.41. The molecule has 0 atom stereocenters. The third kappa shape index (κ3) is 10.5. The lowest BCUT2D eigenvalue weighted by molar-refractivity contribution is -0.151. The maximum absolute atomic E-state index is 15.9. The third-order valence-corrected chi connectivity index (χ3v) is 15.0. The molecule has 2 aromatic carbocycles. The second-order valence-electron chi connectivity index (χ2n) is 19.3. The molecule has 66 heavy (non-hydrogen) atoms. The van der Waals surface area contributed by atoms with Gasteiger partial charge in [0, 0.05) is 121 Å². The zero-order valence-electron chi connectivity index (χ0n) is 38.5. The highest BCUT2D eigenvalue weighted by Crippen LogP contribution is 2.43. The quantitative estimate of drug-likeness (QED) is 0.212. The van der Waals surface area contributed by atoms with Gasteiger partial charge in [0.15, 0.2) is 11.3 Å². The van der Waals surface area contributed by atoms with Crippen LogP contribution in [0, 0.1) is 17.6 Å². The number of oxime groups is 2. The first kappa shape index (κ1) is 48.0. The summed E-state index contributed by atoms with van der Waals surface area (Å²) < 4.78 is 71.0. The van der Waals surface area contributed by atoms with Crippen LogP contribution in [0.1, 0.15) is 88.2 Å². The molecule has 0 saturated carbocycles. The van der Waals surface area contributed by atoms with Crippen molar-refractivity contribution in [2.24, 2.45) is 16.2 Å². The maximum atomic E-state index is 15.9. The van der Waals surface area contributed by atoms with Crippen molar-refractivity contribution >= 4 is 30.3 Å². The molecule has 5 saturated heterocycles. The lowest BCUT2D eigenvalue weighted by Gasteiger charge is -2.46. The molecule has 7 aliphatic rings. The van der Waals surface area contributed by atoms with Crippen LogP contribution in [0.25, 0.3) is 0 Å². The summed E-state index contributed by atoms with van der Waals surface area (Å²) in [5, 5.41) is 21.1. The molecule has 2 aromatic rings. The monoisotopic (exact) mass is 925 g/mol. The molecule has 0 radical (unpaired) electrons. The van der Waals surface area contributed by atoms with Crippen molar-refractivity contribution in [3.8, 4) is 11.5 Å². The number of likely N-dealkylation sites (tertiary alicyclic amines) is 3. The van der Waals surface area contributed by atoms with Crippen LogP contribution < -0.4 is 14.8 Å². The second-order valence-corrected chi connectivity index (χ2v) is 19.3. The molecule has 2 N–H and O–H groups in total. The average molecular weight is 926 g/mol. The molecule has 7 heterocycles. The number of nitrogens with one attached hydrogen (secondary N) is 1. The largest absolute Gasteiger partial charge is 0.486 e. The number of halogens is 4. The number of carbonyl (C=O) groups is 2.